The van der Waals surface area contributed by atoms with Crippen LogP contribution in [-0.2, 0) is 14.3 Å². The Bertz CT molecular complexity index is 260. The van der Waals surface area contributed by atoms with Crippen molar-refractivity contribution in [3.05, 3.63) is 0 Å². The summed E-state index contributed by atoms with van der Waals surface area (Å²) in [5.74, 6) is -0.201. The van der Waals surface area contributed by atoms with E-state index in [0.29, 0.717) is 32.0 Å². The lowest BCUT2D eigenvalue weighted by molar-refractivity contribution is -0.176. The van der Waals surface area contributed by atoms with Crippen molar-refractivity contribution in [3.8, 4) is 0 Å². The summed E-state index contributed by atoms with van der Waals surface area (Å²) in [7, 11) is 0. The minimum absolute atomic E-state index is 0.0808. The van der Waals surface area contributed by atoms with Gasteiger partial charge in [0, 0.05) is 12.5 Å². The summed E-state index contributed by atoms with van der Waals surface area (Å²) in [6, 6.07) is 0. The van der Waals surface area contributed by atoms with Crippen molar-refractivity contribution < 1.29 is 19.4 Å². The number of hydrogen-bond acceptors (Lipinski definition) is 4. The van der Waals surface area contributed by atoms with Gasteiger partial charge in [-0.25, -0.2) is 4.79 Å². The smallest absolute Gasteiger partial charge is 0.338 e. The van der Waals surface area contributed by atoms with E-state index in [-0.39, 0.29) is 12.0 Å². The average molecular weight is 244 g/mol. The molecule has 0 amide bonds. The van der Waals surface area contributed by atoms with Gasteiger partial charge in [0.15, 0.2) is 5.60 Å². The molecule has 0 aromatic heterocycles. The van der Waals surface area contributed by atoms with Gasteiger partial charge in [0.25, 0.3) is 0 Å². The standard InChI is InChI=1S/C13H24O4/c1-5-16-12(14)13(4,15)10-6-7-17-11(8-10)9(2)3/h9-11,15H,5-8H2,1-4H3. The highest BCUT2D eigenvalue weighted by Gasteiger charge is 2.43. The lowest BCUT2D eigenvalue weighted by Crippen LogP contribution is -2.48. The Morgan fingerprint density at radius 1 is 1.59 bits per heavy atom. The number of rotatable bonds is 4. The van der Waals surface area contributed by atoms with Crippen LogP contribution in [0, 0.1) is 11.8 Å². The number of carbonyl (C=O) groups excluding carboxylic acids is 1. The molecule has 0 saturated carbocycles. The molecule has 1 rings (SSSR count). The molecule has 1 saturated heterocycles. The van der Waals surface area contributed by atoms with Gasteiger partial charge in [0.1, 0.15) is 0 Å². The molecule has 3 atom stereocenters. The third kappa shape index (κ3) is 3.42. The fraction of sp³-hybridized carbons (Fsp3) is 0.923. The molecule has 0 aromatic carbocycles. The first-order valence-electron chi connectivity index (χ1n) is 6.40. The number of aliphatic hydroxyl groups is 1. The number of carbonyl (C=O) groups is 1. The first-order valence-corrected chi connectivity index (χ1v) is 6.40. The molecule has 3 unspecified atom stereocenters. The predicted octanol–water partition coefficient (Wildman–Crippen LogP) is 1.75. The van der Waals surface area contributed by atoms with E-state index in [9.17, 15) is 9.90 Å². The average Bonchev–Trinajstić information content (AvgIpc) is 2.29. The fourth-order valence-corrected chi connectivity index (χ4v) is 2.25. The van der Waals surface area contributed by atoms with Crippen LogP contribution in [0.4, 0.5) is 0 Å². The molecule has 1 aliphatic rings. The molecule has 0 radical (unpaired) electrons. The van der Waals surface area contributed by atoms with E-state index in [2.05, 4.69) is 13.8 Å². The molecular formula is C13H24O4. The molecule has 1 fully saturated rings. The number of hydrogen-bond donors (Lipinski definition) is 1. The summed E-state index contributed by atoms with van der Waals surface area (Å²) in [4.78, 5) is 11.7. The largest absolute Gasteiger partial charge is 0.464 e. The normalized spacial score (nSPS) is 28.8. The second-order valence-electron chi connectivity index (χ2n) is 5.24. The van der Waals surface area contributed by atoms with Crippen LogP contribution in [0.3, 0.4) is 0 Å². The van der Waals surface area contributed by atoms with Gasteiger partial charge in [-0.3, -0.25) is 0 Å². The van der Waals surface area contributed by atoms with E-state index in [1.807, 2.05) is 0 Å². The van der Waals surface area contributed by atoms with Gasteiger partial charge in [-0.05, 0) is 32.6 Å². The van der Waals surface area contributed by atoms with Gasteiger partial charge in [0.05, 0.1) is 12.7 Å². The highest BCUT2D eigenvalue weighted by Crippen LogP contribution is 2.33. The SMILES string of the molecule is CCOC(=O)C(C)(O)C1CCOC(C(C)C)C1. The topological polar surface area (TPSA) is 55.8 Å². The van der Waals surface area contributed by atoms with Gasteiger partial charge in [0.2, 0.25) is 0 Å². The second kappa shape index (κ2) is 5.83. The van der Waals surface area contributed by atoms with Crippen molar-refractivity contribution in [3.63, 3.8) is 0 Å². The zero-order chi connectivity index (χ0) is 13.1. The van der Waals surface area contributed by atoms with Crippen molar-refractivity contribution in [2.24, 2.45) is 11.8 Å². The highest BCUT2D eigenvalue weighted by molar-refractivity contribution is 5.79. The van der Waals surface area contributed by atoms with Crippen LogP contribution in [0.1, 0.15) is 40.5 Å². The van der Waals surface area contributed by atoms with Crippen LogP contribution in [0.2, 0.25) is 0 Å². The summed E-state index contributed by atoms with van der Waals surface area (Å²) in [6.07, 6.45) is 1.54. The first-order chi connectivity index (χ1) is 7.89. The minimum atomic E-state index is -1.40. The van der Waals surface area contributed by atoms with Crippen LogP contribution in [-0.4, -0.2) is 36.0 Å². The van der Waals surface area contributed by atoms with Crippen molar-refractivity contribution in [1.82, 2.24) is 0 Å². The van der Waals surface area contributed by atoms with E-state index >= 15 is 0 Å². The Kier molecular flexibility index (Phi) is 4.95. The minimum Gasteiger partial charge on any atom is -0.464 e. The third-order valence-electron chi connectivity index (χ3n) is 3.54. The van der Waals surface area contributed by atoms with Crippen molar-refractivity contribution in [2.45, 2.75) is 52.2 Å². The summed E-state index contributed by atoms with van der Waals surface area (Å²) in [6.45, 7) is 8.38. The highest BCUT2D eigenvalue weighted by atomic mass is 16.5. The maximum Gasteiger partial charge on any atom is 0.338 e. The van der Waals surface area contributed by atoms with Gasteiger partial charge < -0.3 is 14.6 Å². The molecule has 4 heteroatoms. The molecule has 0 bridgehead atoms. The van der Waals surface area contributed by atoms with Crippen LogP contribution in [0.15, 0.2) is 0 Å². The summed E-state index contributed by atoms with van der Waals surface area (Å²) < 4.78 is 10.6. The lowest BCUT2D eigenvalue weighted by Gasteiger charge is -2.38. The van der Waals surface area contributed by atoms with Crippen LogP contribution in [0.25, 0.3) is 0 Å². The van der Waals surface area contributed by atoms with E-state index < -0.39 is 11.6 Å². The molecular weight excluding hydrogens is 220 g/mol. The monoisotopic (exact) mass is 244 g/mol. The zero-order valence-corrected chi connectivity index (χ0v) is 11.2. The maximum atomic E-state index is 11.7. The van der Waals surface area contributed by atoms with Gasteiger partial charge in [-0.2, -0.15) is 0 Å². The lowest BCUT2D eigenvalue weighted by atomic mass is 9.79. The fourth-order valence-electron chi connectivity index (χ4n) is 2.25. The Morgan fingerprint density at radius 3 is 2.76 bits per heavy atom. The Balaban J connectivity index is 2.67. The Labute approximate surface area is 103 Å². The molecule has 4 nitrogen and oxygen atoms in total. The molecule has 100 valence electrons. The first kappa shape index (κ1) is 14.5. The van der Waals surface area contributed by atoms with E-state index in [1.165, 1.54) is 0 Å². The van der Waals surface area contributed by atoms with Crippen molar-refractivity contribution >= 4 is 5.97 Å². The summed E-state index contributed by atoms with van der Waals surface area (Å²) >= 11 is 0. The van der Waals surface area contributed by atoms with Crippen molar-refractivity contribution in [2.75, 3.05) is 13.2 Å². The molecule has 0 aromatic rings. The van der Waals surface area contributed by atoms with Crippen LogP contribution < -0.4 is 0 Å². The van der Waals surface area contributed by atoms with E-state index in [4.69, 9.17) is 9.47 Å². The molecule has 17 heavy (non-hydrogen) atoms. The summed E-state index contributed by atoms with van der Waals surface area (Å²) in [5.41, 5.74) is -1.40. The molecule has 0 aliphatic carbocycles. The maximum absolute atomic E-state index is 11.7. The molecule has 1 N–H and O–H groups in total. The van der Waals surface area contributed by atoms with E-state index in [1.54, 1.807) is 13.8 Å². The van der Waals surface area contributed by atoms with Crippen LogP contribution in [0.5, 0.6) is 0 Å². The van der Waals surface area contributed by atoms with Crippen LogP contribution >= 0.6 is 0 Å². The number of ether oxygens (including phenoxy) is 2. The molecule has 1 aliphatic heterocycles. The van der Waals surface area contributed by atoms with Crippen molar-refractivity contribution in [1.29, 1.82) is 0 Å². The van der Waals surface area contributed by atoms with Gasteiger partial charge in [-0.15, -0.1) is 0 Å². The van der Waals surface area contributed by atoms with Gasteiger partial charge >= 0.3 is 5.97 Å². The molecule has 0 spiro atoms. The second-order valence-corrected chi connectivity index (χ2v) is 5.24. The molecule has 1 heterocycles. The predicted molar refractivity (Wildman–Crippen MR) is 64.6 cm³/mol. The number of esters is 1. The zero-order valence-electron chi connectivity index (χ0n) is 11.2. The third-order valence-corrected chi connectivity index (χ3v) is 3.54. The quantitative estimate of drug-likeness (QED) is 0.765. The Morgan fingerprint density at radius 2 is 2.24 bits per heavy atom. The van der Waals surface area contributed by atoms with E-state index in [0.717, 1.165) is 0 Å². The summed E-state index contributed by atoms with van der Waals surface area (Å²) in [5, 5.41) is 10.3. The van der Waals surface area contributed by atoms with Gasteiger partial charge in [-0.1, -0.05) is 13.8 Å². The Hall–Kier alpha value is -0.610.